The molecule has 130 valence electrons. The minimum absolute atomic E-state index is 0.0736. The van der Waals surface area contributed by atoms with Crippen LogP contribution in [0.5, 0.6) is 0 Å². The summed E-state index contributed by atoms with van der Waals surface area (Å²) in [5, 5.41) is 31.2. The molecule has 0 radical (unpaired) electrons. The molecule has 0 saturated heterocycles. The van der Waals surface area contributed by atoms with E-state index >= 15 is 0 Å². The van der Waals surface area contributed by atoms with Gasteiger partial charge in [-0.1, -0.05) is 0 Å². The Bertz CT molecular complexity index is 496. The van der Waals surface area contributed by atoms with Gasteiger partial charge in [0, 0.05) is 30.8 Å². The van der Waals surface area contributed by atoms with Crippen LogP contribution in [-0.4, -0.2) is 47.5 Å². The van der Waals surface area contributed by atoms with Gasteiger partial charge in [-0.25, -0.2) is 4.98 Å². The molecule has 0 aromatic carbocycles. The van der Waals surface area contributed by atoms with Crippen molar-refractivity contribution in [1.29, 1.82) is 0 Å². The third-order valence-corrected chi connectivity index (χ3v) is 4.59. The molecule has 0 aliphatic carbocycles. The second-order valence-corrected chi connectivity index (χ2v) is 6.62. The van der Waals surface area contributed by atoms with E-state index in [4.69, 9.17) is 5.11 Å². The van der Waals surface area contributed by atoms with Crippen LogP contribution in [-0.2, 0) is 12.3 Å². The topological polar surface area (TPSA) is 112 Å². The largest absolute Gasteiger partial charge is 0.395 e. The van der Waals surface area contributed by atoms with Gasteiger partial charge in [0.1, 0.15) is 5.01 Å². The number of nitro groups is 1. The van der Waals surface area contributed by atoms with Gasteiger partial charge in [0.15, 0.2) is 5.82 Å². The molecule has 1 rings (SSSR count). The summed E-state index contributed by atoms with van der Waals surface area (Å²) in [5.74, 6) is 2.14. The molecule has 0 saturated carbocycles. The number of aromatic nitrogens is 1. The molecule has 8 nitrogen and oxygen atoms in total. The van der Waals surface area contributed by atoms with Crippen LogP contribution in [0.15, 0.2) is 17.4 Å². The first-order valence-corrected chi connectivity index (χ1v) is 9.28. The first-order chi connectivity index (χ1) is 11.2. The van der Waals surface area contributed by atoms with E-state index in [9.17, 15) is 10.1 Å². The summed E-state index contributed by atoms with van der Waals surface area (Å²) in [6.45, 7) is 1.63. The number of hydrogen-bond donors (Lipinski definition) is 4. The Labute approximate surface area is 143 Å². The molecule has 1 aromatic heterocycles. The van der Waals surface area contributed by atoms with E-state index in [1.165, 1.54) is 0 Å². The lowest BCUT2D eigenvalue weighted by atomic mass is 10.4. The van der Waals surface area contributed by atoms with Crippen LogP contribution in [0.25, 0.3) is 0 Å². The van der Waals surface area contributed by atoms with Crippen LogP contribution >= 0.6 is 23.1 Å². The molecule has 0 aliphatic heterocycles. The molecule has 10 heteroatoms. The van der Waals surface area contributed by atoms with Gasteiger partial charge in [0.05, 0.1) is 17.2 Å². The highest BCUT2D eigenvalue weighted by Gasteiger charge is 2.03. The molecule has 23 heavy (non-hydrogen) atoms. The first kappa shape index (κ1) is 19.7. The predicted molar refractivity (Wildman–Crippen MR) is 93.8 cm³/mol. The van der Waals surface area contributed by atoms with Gasteiger partial charge in [0.25, 0.3) is 6.20 Å². The fourth-order valence-electron chi connectivity index (χ4n) is 1.67. The Kier molecular flexibility index (Phi) is 10.4. The van der Waals surface area contributed by atoms with E-state index in [0.717, 1.165) is 41.4 Å². The standard InChI is InChI=1S/C13H23N5O3S2/c1-14-7-13-17-11(10-23-13)9-22-6-2-3-15-12(8-18(20)21)16-4-5-19/h8,10,14-16,19H,2-7,9H2,1H3. The molecular formula is C13H23N5O3S2. The Morgan fingerprint density at radius 1 is 1.52 bits per heavy atom. The maximum Gasteiger partial charge on any atom is 0.274 e. The van der Waals surface area contributed by atoms with Crippen LogP contribution in [0.1, 0.15) is 17.1 Å². The number of nitrogens with one attached hydrogen (secondary N) is 3. The number of rotatable bonds is 13. The quantitative estimate of drug-likeness (QED) is 0.231. The predicted octanol–water partition coefficient (Wildman–Crippen LogP) is 0.733. The number of aliphatic hydroxyl groups excluding tert-OH is 1. The number of nitrogens with zero attached hydrogens (tertiary/aromatic N) is 2. The van der Waals surface area contributed by atoms with Crippen molar-refractivity contribution in [2.45, 2.75) is 18.7 Å². The average Bonchev–Trinajstić information content (AvgIpc) is 2.95. The first-order valence-electron chi connectivity index (χ1n) is 7.25. The molecular weight excluding hydrogens is 338 g/mol. The lowest BCUT2D eigenvalue weighted by Gasteiger charge is -2.10. The second-order valence-electron chi connectivity index (χ2n) is 4.57. The molecule has 1 heterocycles. The zero-order chi connectivity index (χ0) is 16.9. The summed E-state index contributed by atoms with van der Waals surface area (Å²) in [7, 11) is 1.90. The van der Waals surface area contributed by atoms with Gasteiger partial charge in [-0.15, -0.1) is 11.3 Å². The van der Waals surface area contributed by atoms with Crippen LogP contribution < -0.4 is 16.0 Å². The lowest BCUT2D eigenvalue weighted by molar-refractivity contribution is -0.404. The average molecular weight is 361 g/mol. The Morgan fingerprint density at radius 2 is 2.30 bits per heavy atom. The van der Waals surface area contributed by atoms with Gasteiger partial charge < -0.3 is 21.1 Å². The van der Waals surface area contributed by atoms with Crippen molar-refractivity contribution in [1.82, 2.24) is 20.9 Å². The van der Waals surface area contributed by atoms with Crippen molar-refractivity contribution in [3.05, 3.63) is 38.2 Å². The summed E-state index contributed by atoms with van der Waals surface area (Å²) in [6.07, 6.45) is 1.76. The van der Waals surface area contributed by atoms with E-state index in [2.05, 4.69) is 26.3 Å². The highest BCUT2D eigenvalue weighted by molar-refractivity contribution is 7.98. The van der Waals surface area contributed by atoms with Crippen molar-refractivity contribution in [3.63, 3.8) is 0 Å². The van der Waals surface area contributed by atoms with Crippen molar-refractivity contribution in [2.24, 2.45) is 0 Å². The second kappa shape index (κ2) is 12.1. The molecule has 0 aliphatic rings. The molecule has 0 amide bonds. The monoisotopic (exact) mass is 361 g/mol. The number of aliphatic hydroxyl groups is 1. The van der Waals surface area contributed by atoms with Gasteiger partial charge in [0.2, 0.25) is 0 Å². The summed E-state index contributed by atoms with van der Waals surface area (Å²) < 4.78 is 0. The summed E-state index contributed by atoms with van der Waals surface area (Å²) in [4.78, 5) is 14.5. The van der Waals surface area contributed by atoms with Gasteiger partial charge in [-0.3, -0.25) is 10.1 Å². The number of hydrogen-bond acceptors (Lipinski definition) is 9. The maximum absolute atomic E-state index is 10.5. The summed E-state index contributed by atoms with van der Waals surface area (Å²) in [5.41, 5.74) is 1.09. The van der Waals surface area contributed by atoms with Crippen molar-refractivity contribution in [3.8, 4) is 0 Å². The molecule has 4 N–H and O–H groups in total. The van der Waals surface area contributed by atoms with Crippen molar-refractivity contribution >= 4 is 23.1 Å². The zero-order valence-electron chi connectivity index (χ0n) is 13.1. The fraction of sp³-hybridized carbons (Fsp3) is 0.615. The Hall–Kier alpha value is -1.36. The van der Waals surface area contributed by atoms with Gasteiger partial charge >= 0.3 is 0 Å². The summed E-state index contributed by atoms with van der Waals surface area (Å²) >= 11 is 3.45. The molecule has 0 atom stereocenters. The third kappa shape index (κ3) is 9.39. The lowest BCUT2D eigenvalue weighted by Crippen LogP contribution is -2.30. The molecule has 0 unspecified atom stereocenters. The molecule has 0 bridgehead atoms. The van der Waals surface area contributed by atoms with Gasteiger partial charge in [-0.05, 0) is 19.2 Å². The van der Waals surface area contributed by atoms with Crippen LogP contribution in [0.2, 0.25) is 0 Å². The summed E-state index contributed by atoms with van der Waals surface area (Å²) in [6, 6.07) is 0. The molecule has 0 spiro atoms. The minimum Gasteiger partial charge on any atom is -0.395 e. The third-order valence-electron chi connectivity index (χ3n) is 2.62. The Balaban J connectivity index is 2.16. The fourth-order valence-corrected chi connectivity index (χ4v) is 3.43. The van der Waals surface area contributed by atoms with Crippen LogP contribution in [0, 0.1) is 10.1 Å². The van der Waals surface area contributed by atoms with Crippen molar-refractivity contribution in [2.75, 3.05) is 32.5 Å². The molecule has 0 fully saturated rings. The highest BCUT2D eigenvalue weighted by atomic mass is 32.2. The normalized spacial score (nSPS) is 11.5. The smallest absolute Gasteiger partial charge is 0.274 e. The van der Waals surface area contributed by atoms with Crippen molar-refractivity contribution < 1.29 is 10.0 Å². The van der Waals surface area contributed by atoms with E-state index in [1.807, 2.05) is 7.05 Å². The maximum atomic E-state index is 10.5. The Morgan fingerprint density at radius 3 is 3.00 bits per heavy atom. The van der Waals surface area contributed by atoms with Gasteiger partial charge in [-0.2, -0.15) is 11.8 Å². The van der Waals surface area contributed by atoms with E-state index in [0.29, 0.717) is 12.4 Å². The number of thioether (sulfide) groups is 1. The SMILES string of the molecule is CNCc1nc(CSCCCNC(=C[N+](=O)[O-])NCCO)cs1. The molecule has 1 aromatic rings. The van der Waals surface area contributed by atoms with E-state index in [1.54, 1.807) is 23.1 Å². The minimum atomic E-state index is -0.521. The van der Waals surface area contributed by atoms with E-state index < -0.39 is 4.92 Å². The highest BCUT2D eigenvalue weighted by Crippen LogP contribution is 2.16. The van der Waals surface area contributed by atoms with E-state index in [-0.39, 0.29) is 13.2 Å². The van der Waals surface area contributed by atoms with Crippen LogP contribution in [0.4, 0.5) is 0 Å². The van der Waals surface area contributed by atoms with Crippen LogP contribution in [0.3, 0.4) is 0 Å². The number of thiazole rings is 1. The zero-order valence-corrected chi connectivity index (χ0v) is 14.7.